The molecule has 3 amide bonds. The minimum Gasteiger partial charge on any atom is -0.348 e. The van der Waals surface area contributed by atoms with Gasteiger partial charge < -0.3 is 16.0 Å². The van der Waals surface area contributed by atoms with E-state index in [9.17, 15) is 9.59 Å². The van der Waals surface area contributed by atoms with Crippen LogP contribution in [-0.2, 0) is 24.2 Å². The zero-order valence-corrected chi connectivity index (χ0v) is 16.1. The first kappa shape index (κ1) is 18.2. The SMILES string of the molecule is CC1=C(C(=O)NCc2cnc3c(c2)CCC3)C(c2cccc(C)c2)NC(=O)N1. The lowest BCUT2D eigenvalue weighted by Crippen LogP contribution is -2.46. The monoisotopic (exact) mass is 376 g/mol. The molecule has 3 N–H and O–H groups in total. The Bertz CT molecular complexity index is 980. The molecule has 6 nitrogen and oxygen atoms in total. The molecule has 28 heavy (non-hydrogen) atoms. The van der Waals surface area contributed by atoms with Crippen LogP contribution in [0.15, 0.2) is 47.8 Å². The minimum atomic E-state index is -0.480. The van der Waals surface area contributed by atoms with E-state index in [4.69, 9.17) is 0 Å². The molecular formula is C22H24N4O2. The van der Waals surface area contributed by atoms with Gasteiger partial charge in [-0.3, -0.25) is 9.78 Å². The number of amides is 3. The van der Waals surface area contributed by atoms with Crippen LogP contribution in [0.5, 0.6) is 0 Å². The van der Waals surface area contributed by atoms with Crippen LogP contribution >= 0.6 is 0 Å². The van der Waals surface area contributed by atoms with Gasteiger partial charge in [0.25, 0.3) is 5.91 Å². The van der Waals surface area contributed by atoms with Crippen molar-refractivity contribution < 1.29 is 9.59 Å². The molecule has 0 bridgehead atoms. The number of aromatic nitrogens is 1. The third-order valence-corrected chi connectivity index (χ3v) is 5.32. The summed E-state index contributed by atoms with van der Waals surface area (Å²) in [7, 11) is 0. The van der Waals surface area contributed by atoms with Gasteiger partial charge in [-0.2, -0.15) is 0 Å². The third kappa shape index (κ3) is 3.63. The molecule has 2 aliphatic rings. The van der Waals surface area contributed by atoms with Crippen LogP contribution in [0.2, 0.25) is 0 Å². The van der Waals surface area contributed by atoms with Crippen molar-refractivity contribution >= 4 is 11.9 Å². The largest absolute Gasteiger partial charge is 0.348 e. The van der Waals surface area contributed by atoms with Gasteiger partial charge in [0.15, 0.2) is 0 Å². The lowest BCUT2D eigenvalue weighted by molar-refractivity contribution is -0.118. The maximum Gasteiger partial charge on any atom is 0.319 e. The van der Waals surface area contributed by atoms with Gasteiger partial charge in [-0.15, -0.1) is 0 Å². The highest BCUT2D eigenvalue weighted by molar-refractivity contribution is 5.98. The lowest BCUT2D eigenvalue weighted by atomic mass is 9.94. The van der Waals surface area contributed by atoms with Crippen molar-refractivity contribution in [2.75, 3.05) is 0 Å². The fraction of sp³-hybridized carbons (Fsp3) is 0.318. The van der Waals surface area contributed by atoms with E-state index in [0.717, 1.165) is 36.0 Å². The number of nitrogens with one attached hydrogen (secondary N) is 3. The maximum atomic E-state index is 13.0. The summed E-state index contributed by atoms with van der Waals surface area (Å²) in [6.45, 7) is 4.15. The Morgan fingerprint density at radius 1 is 1.25 bits per heavy atom. The number of pyridine rings is 1. The van der Waals surface area contributed by atoms with Gasteiger partial charge in [0, 0.05) is 24.1 Å². The number of nitrogens with zero attached hydrogens (tertiary/aromatic N) is 1. The van der Waals surface area contributed by atoms with Crippen LogP contribution in [0.4, 0.5) is 4.79 Å². The van der Waals surface area contributed by atoms with Gasteiger partial charge in [-0.25, -0.2) is 4.79 Å². The van der Waals surface area contributed by atoms with E-state index in [1.807, 2.05) is 37.4 Å². The Kier molecular flexibility index (Phi) is 4.86. The Hall–Kier alpha value is -3.15. The molecule has 1 aromatic carbocycles. The van der Waals surface area contributed by atoms with E-state index in [1.54, 1.807) is 6.92 Å². The number of fused-ring (bicyclic) bond motifs is 1. The third-order valence-electron chi connectivity index (χ3n) is 5.32. The summed E-state index contributed by atoms with van der Waals surface area (Å²) in [6.07, 6.45) is 5.08. The summed E-state index contributed by atoms with van der Waals surface area (Å²) >= 11 is 0. The molecule has 0 saturated carbocycles. The van der Waals surface area contributed by atoms with Crippen LogP contribution in [0.1, 0.15) is 47.3 Å². The molecule has 1 aliphatic heterocycles. The molecule has 4 rings (SSSR count). The topological polar surface area (TPSA) is 83.1 Å². The summed E-state index contributed by atoms with van der Waals surface area (Å²) in [5.74, 6) is -0.197. The van der Waals surface area contributed by atoms with Gasteiger partial charge in [-0.1, -0.05) is 35.9 Å². The number of benzene rings is 1. The number of urea groups is 1. The summed E-state index contributed by atoms with van der Waals surface area (Å²) in [5.41, 5.74) is 6.51. The zero-order valence-electron chi connectivity index (χ0n) is 16.1. The summed E-state index contributed by atoms with van der Waals surface area (Å²) < 4.78 is 0. The molecular weight excluding hydrogens is 352 g/mol. The van der Waals surface area contributed by atoms with Gasteiger partial charge in [0.1, 0.15) is 0 Å². The Morgan fingerprint density at radius 3 is 2.93 bits per heavy atom. The molecule has 1 aromatic heterocycles. The number of hydrogen-bond acceptors (Lipinski definition) is 3. The summed E-state index contributed by atoms with van der Waals surface area (Å²) in [6, 6.07) is 9.18. The Morgan fingerprint density at radius 2 is 2.11 bits per heavy atom. The van der Waals surface area contributed by atoms with E-state index in [0.29, 0.717) is 17.8 Å². The second-order valence-corrected chi connectivity index (χ2v) is 7.47. The van der Waals surface area contributed by atoms with Gasteiger partial charge in [0.05, 0.1) is 11.6 Å². The summed E-state index contributed by atoms with van der Waals surface area (Å²) in [4.78, 5) is 29.5. The van der Waals surface area contributed by atoms with Crippen molar-refractivity contribution in [1.29, 1.82) is 0 Å². The van der Waals surface area contributed by atoms with Crippen LogP contribution < -0.4 is 16.0 Å². The Balaban J connectivity index is 1.55. The van der Waals surface area contributed by atoms with Crippen molar-refractivity contribution in [1.82, 2.24) is 20.9 Å². The predicted octanol–water partition coefficient (Wildman–Crippen LogP) is 2.82. The molecule has 1 unspecified atom stereocenters. The fourth-order valence-electron chi connectivity index (χ4n) is 3.94. The normalized spacial score (nSPS) is 18.4. The summed E-state index contributed by atoms with van der Waals surface area (Å²) in [5, 5.41) is 8.58. The molecule has 0 saturated heterocycles. The maximum absolute atomic E-state index is 13.0. The van der Waals surface area contributed by atoms with Crippen molar-refractivity contribution in [3.63, 3.8) is 0 Å². The van der Waals surface area contributed by atoms with E-state index < -0.39 is 6.04 Å². The van der Waals surface area contributed by atoms with Crippen LogP contribution in [0.3, 0.4) is 0 Å². The second-order valence-electron chi connectivity index (χ2n) is 7.47. The highest BCUT2D eigenvalue weighted by Crippen LogP contribution is 2.27. The second kappa shape index (κ2) is 7.46. The average Bonchev–Trinajstić information content (AvgIpc) is 3.13. The molecule has 0 spiro atoms. The smallest absolute Gasteiger partial charge is 0.319 e. The number of carbonyl (C=O) groups is 2. The van der Waals surface area contributed by atoms with Crippen molar-refractivity contribution in [3.8, 4) is 0 Å². The fourth-order valence-corrected chi connectivity index (χ4v) is 3.94. The van der Waals surface area contributed by atoms with Crippen molar-refractivity contribution in [3.05, 3.63) is 75.7 Å². The zero-order chi connectivity index (χ0) is 19.7. The standard InChI is InChI=1S/C22H24N4O2/c1-13-5-3-7-17(9-13)20-19(14(2)25-22(28)26-20)21(27)24-12-15-10-16-6-4-8-18(16)23-11-15/h3,5,7,9-11,20H,4,6,8,12H2,1-2H3,(H,24,27)(H2,25,26,28). The molecule has 1 atom stereocenters. The van der Waals surface area contributed by atoms with Gasteiger partial charge in [-0.05, 0) is 49.8 Å². The number of hydrogen-bond donors (Lipinski definition) is 3. The van der Waals surface area contributed by atoms with Crippen molar-refractivity contribution in [2.45, 2.75) is 45.7 Å². The number of aryl methyl sites for hydroxylation is 3. The highest BCUT2D eigenvalue weighted by Gasteiger charge is 2.31. The molecule has 1 aliphatic carbocycles. The molecule has 144 valence electrons. The number of carbonyl (C=O) groups excluding carboxylic acids is 2. The van der Waals surface area contributed by atoms with Crippen LogP contribution in [0, 0.1) is 6.92 Å². The average molecular weight is 376 g/mol. The number of allylic oxidation sites excluding steroid dienone is 1. The van der Waals surface area contributed by atoms with E-state index in [2.05, 4.69) is 27.0 Å². The van der Waals surface area contributed by atoms with Crippen LogP contribution in [0.25, 0.3) is 0 Å². The van der Waals surface area contributed by atoms with E-state index in [-0.39, 0.29) is 11.9 Å². The molecule has 0 fully saturated rings. The quantitative estimate of drug-likeness (QED) is 0.767. The van der Waals surface area contributed by atoms with E-state index >= 15 is 0 Å². The molecule has 2 aromatic rings. The predicted molar refractivity (Wildman–Crippen MR) is 106 cm³/mol. The minimum absolute atomic E-state index is 0.197. The van der Waals surface area contributed by atoms with Gasteiger partial charge >= 0.3 is 6.03 Å². The first-order chi connectivity index (χ1) is 13.5. The number of rotatable bonds is 4. The van der Waals surface area contributed by atoms with Gasteiger partial charge in [0.2, 0.25) is 0 Å². The highest BCUT2D eigenvalue weighted by atomic mass is 16.2. The molecule has 6 heteroatoms. The first-order valence-corrected chi connectivity index (χ1v) is 9.61. The first-order valence-electron chi connectivity index (χ1n) is 9.61. The Labute approximate surface area is 164 Å². The van der Waals surface area contributed by atoms with Crippen molar-refractivity contribution in [2.24, 2.45) is 0 Å². The molecule has 0 radical (unpaired) electrons. The molecule has 2 heterocycles. The lowest BCUT2D eigenvalue weighted by Gasteiger charge is -2.29. The van der Waals surface area contributed by atoms with E-state index in [1.165, 1.54) is 11.3 Å². The van der Waals surface area contributed by atoms with Crippen LogP contribution in [-0.4, -0.2) is 16.9 Å².